The number of aliphatic hydroxyl groups excluding tert-OH is 1. The monoisotopic (exact) mass is 494 g/mol. The molecule has 34 heavy (non-hydrogen) atoms. The van der Waals surface area contributed by atoms with Crippen LogP contribution in [0.3, 0.4) is 0 Å². The summed E-state index contributed by atoms with van der Waals surface area (Å²) in [6.45, 7) is 6.80. The molecule has 0 unspecified atom stereocenters. The summed E-state index contributed by atoms with van der Waals surface area (Å²) in [6, 6.07) is 3.99. The van der Waals surface area contributed by atoms with Crippen molar-refractivity contribution in [2.45, 2.75) is 44.2 Å². The van der Waals surface area contributed by atoms with Crippen molar-refractivity contribution in [2.75, 3.05) is 53.9 Å². The second-order valence-electron chi connectivity index (χ2n) is 9.05. The number of sulfonamides is 1. The van der Waals surface area contributed by atoms with Crippen molar-refractivity contribution in [3.63, 3.8) is 0 Å². The van der Waals surface area contributed by atoms with E-state index in [2.05, 4.69) is 17.2 Å². The standard InChI is InChI=1S/C24H38N4O5S/c1-7-12-25-24(30)27(6)16-22-18(2)15-28(19(3)17-29)34(31,32)23-11-10-20(14-21(23)33-22)9-8-13-26(4)5/h10-11,14,18-19,22,29H,7,12-13,15-17H2,1-6H3,(H,25,30)/t18-,19-,22+/m1/s1. The number of amides is 2. The normalized spacial score (nSPS) is 20.7. The van der Waals surface area contributed by atoms with Crippen LogP contribution < -0.4 is 10.1 Å². The number of nitrogens with zero attached hydrogens (tertiary/aromatic N) is 3. The average molecular weight is 495 g/mol. The van der Waals surface area contributed by atoms with Gasteiger partial charge in [0, 0.05) is 37.7 Å². The van der Waals surface area contributed by atoms with E-state index >= 15 is 0 Å². The minimum Gasteiger partial charge on any atom is -0.487 e. The first-order valence-electron chi connectivity index (χ1n) is 11.6. The fourth-order valence-corrected chi connectivity index (χ4v) is 5.37. The SMILES string of the molecule is CCCNC(=O)N(C)C[C@@H]1Oc2cc(C#CCN(C)C)ccc2S(=O)(=O)N([C@H](C)CO)C[C@H]1C. The molecule has 0 fully saturated rings. The molecular weight excluding hydrogens is 456 g/mol. The molecule has 0 saturated carbocycles. The van der Waals surface area contributed by atoms with Crippen molar-refractivity contribution in [3.8, 4) is 17.6 Å². The van der Waals surface area contributed by atoms with Gasteiger partial charge in [-0.25, -0.2) is 13.2 Å². The number of fused-ring (bicyclic) bond motifs is 1. The second kappa shape index (κ2) is 12.4. The van der Waals surface area contributed by atoms with E-state index in [1.54, 1.807) is 31.0 Å². The van der Waals surface area contributed by atoms with Crippen LogP contribution in [-0.2, 0) is 10.0 Å². The number of carbonyl (C=O) groups excluding carboxylic acids is 1. The molecule has 0 bridgehead atoms. The van der Waals surface area contributed by atoms with E-state index in [9.17, 15) is 18.3 Å². The minimum absolute atomic E-state index is 0.0287. The summed E-state index contributed by atoms with van der Waals surface area (Å²) in [5.74, 6) is 6.05. The number of hydrogen-bond acceptors (Lipinski definition) is 6. The lowest BCUT2D eigenvalue weighted by Gasteiger charge is -2.37. The van der Waals surface area contributed by atoms with E-state index in [0.29, 0.717) is 18.7 Å². The lowest BCUT2D eigenvalue weighted by Crippen LogP contribution is -2.51. The van der Waals surface area contributed by atoms with Gasteiger partial charge in [-0.15, -0.1) is 0 Å². The molecule has 0 spiro atoms. The van der Waals surface area contributed by atoms with E-state index in [1.165, 1.54) is 10.4 Å². The zero-order valence-electron chi connectivity index (χ0n) is 21.0. The third kappa shape index (κ3) is 7.09. The van der Waals surface area contributed by atoms with E-state index in [4.69, 9.17) is 4.74 Å². The van der Waals surface area contributed by atoms with Gasteiger partial charge in [0.25, 0.3) is 0 Å². The molecule has 190 valence electrons. The van der Waals surface area contributed by atoms with Crippen LogP contribution in [0.15, 0.2) is 23.1 Å². The Labute approximate surface area is 204 Å². The molecule has 0 radical (unpaired) electrons. The number of carbonyl (C=O) groups is 1. The van der Waals surface area contributed by atoms with Gasteiger partial charge in [-0.2, -0.15) is 4.31 Å². The molecule has 0 aliphatic carbocycles. The van der Waals surface area contributed by atoms with Crippen LogP contribution in [0.4, 0.5) is 4.79 Å². The van der Waals surface area contributed by atoms with E-state index < -0.39 is 22.2 Å². The first-order chi connectivity index (χ1) is 16.0. The van der Waals surface area contributed by atoms with Crippen molar-refractivity contribution in [1.82, 2.24) is 19.4 Å². The summed E-state index contributed by atoms with van der Waals surface area (Å²) in [7, 11) is 1.61. The second-order valence-corrected chi connectivity index (χ2v) is 10.9. The Morgan fingerprint density at radius 1 is 1.35 bits per heavy atom. The number of nitrogens with one attached hydrogen (secondary N) is 1. The Bertz CT molecular complexity index is 1000. The van der Waals surface area contributed by atoms with Crippen molar-refractivity contribution < 1.29 is 23.1 Å². The molecular formula is C24H38N4O5S. The molecule has 3 atom stereocenters. The molecule has 2 N–H and O–H groups in total. The topological polar surface area (TPSA) is 102 Å². The molecule has 1 aliphatic heterocycles. The highest BCUT2D eigenvalue weighted by Gasteiger charge is 2.38. The van der Waals surface area contributed by atoms with Gasteiger partial charge in [0.1, 0.15) is 16.7 Å². The molecule has 0 aromatic heterocycles. The fraction of sp³-hybridized carbons (Fsp3) is 0.625. The van der Waals surface area contributed by atoms with Crippen molar-refractivity contribution in [3.05, 3.63) is 23.8 Å². The first-order valence-corrected chi connectivity index (χ1v) is 13.0. The smallest absolute Gasteiger partial charge is 0.317 e. The third-order valence-electron chi connectivity index (χ3n) is 5.62. The Kier molecular flexibility index (Phi) is 10.2. The van der Waals surface area contributed by atoms with E-state index in [-0.39, 0.29) is 42.3 Å². The Morgan fingerprint density at radius 3 is 2.68 bits per heavy atom. The van der Waals surface area contributed by atoms with Gasteiger partial charge >= 0.3 is 6.03 Å². The Balaban J connectivity index is 2.48. The lowest BCUT2D eigenvalue weighted by atomic mass is 10.0. The molecule has 1 aromatic carbocycles. The number of ether oxygens (including phenoxy) is 1. The highest BCUT2D eigenvalue weighted by atomic mass is 32.2. The van der Waals surface area contributed by atoms with Gasteiger partial charge < -0.3 is 20.1 Å². The quantitative estimate of drug-likeness (QED) is 0.556. The van der Waals surface area contributed by atoms with Gasteiger partial charge in [0.2, 0.25) is 10.0 Å². The van der Waals surface area contributed by atoms with Crippen LogP contribution in [0.1, 0.15) is 32.8 Å². The number of benzene rings is 1. The van der Waals surface area contributed by atoms with Gasteiger partial charge in [-0.3, -0.25) is 4.90 Å². The molecule has 0 saturated heterocycles. The largest absolute Gasteiger partial charge is 0.487 e. The van der Waals surface area contributed by atoms with Crippen molar-refractivity contribution >= 4 is 16.1 Å². The number of aliphatic hydroxyl groups is 1. The molecule has 1 aliphatic rings. The van der Waals surface area contributed by atoms with E-state index in [1.807, 2.05) is 32.8 Å². The average Bonchev–Trinajstić information content (AvgIpc) is 2.78. The summed E-state index contributed by atoms with van der Waals surface area (Å²) < 4.78 is 34.6. The third-order valence-corrected chi connectivity index (χ3v) is 7.64. The maximum atomic E-state index is 13.5. The van der Waals surface area contributed by atoms with Gasteiger partial charge in [0.05, 0.1) is 19.7 Å². The summed E-state index contributed by atoms with van der Waals surface area (Å²) >= 11 is 0. The highest BCUT2D eigenvalue weighted by Crippen LogP contribution is 2.34. The molecule has 1 heterocycles. The predicted molar refractivity (Wildman–Crippen MR) is 132 cm³/mol. The van der Waals surface area contributed by atoms with Crippen LogP contribution >= 0.6 is 0 Å². The Hall–Kier alpha value is -2.32. The van der Waals surface area contributed by atoms with Gasteiger partial charge in [-0.05, 0) is 45.6 Å². The summed E-state index contributed by atoms with van der Waals surface area (Å²) in [4.78, 5) is 15.9. The minimum atomic E-state index is -3.92. The molecule has 10 heteroatoms. The predicted octanol–water partition coefficient (Wildman–Crippen LogP) is 1.42. The van der Waals surface area contributed by atoms with Gasteiger partial charge in [0.15, 0.2) is 0 Å². The maximum absolute atomic E-state index is 13.5. The zero-order valence-corrected chi connectivity index (χ0v) is 21.9. The van der Waals surface area contributed by atoms with Crippen LogP contribution in [0.5, 0.6) is 5.75 Å². The van der Waals surface area contributed by atoms with Gasteiger partial charge in [-0.1, -0.05) is 25.7 Å². The van der Waals surface area contributed by atoms with Crippen molar-refractivity contribution in [1.29, 1.82) is 0 Å². The summed E-state index contributed by atoms with van der Waals surface area (Å²) in [5, 5.41) is 12.6. The van der Waals surface area contributed by atoms with Crippen LogP contribution in [0, 0.1) is 17.8 Å². The van der Waals surface area contributed by atoms with Crippen LogP contribution in [0.25, 0.3) is 0 Å². The first kappa shape index (κ1) is 27.9. The molecule has 9 nitrogen and oxygen atoms in total. The fourth-order valence-electron chi connectivity index (χ4n) is 3.54. The summed E-state index contributed by atoms with van der Waals surface area (Å²) in [6.07, 6.45) is 0.359. The highest BCUT2D eigenvalue weighted by molar-refractivity contribution is 7.89. The van der Waals surface area contributed by atoms with Crippen LogP contribution in [-0.4, -0.2) is 99.7 Å². The molecule has 1 aromatic rings. The number of rotatable bonds is 7. The number of likely N-dealkylation sites (N-methyl/N-ethyl adjacent to an activating group) is 1. The van der Waals surface area contributed by atoms with Crippen molar-refractivity contribution in [2.24, 2.45) is 5.92 Å². The maximum Gasteiger partial charge on any atom is 0.317 e. The number of hydrogen-bond donors (Lipinski definition) is 2. The zero-order chi connectivity index (χ0) is 25.5. The Morgan fingerprint density at radius 2 is 2.06 bits per heavy atom. The molecule has 2 rings (SSSR count). The molecule has 2 amide bonds. The lowest BCUT2D eigenvalue weighted by molar-refractivity contribution is 0.0812. The van der Waals surface area contributed by atoms with E-state index in [0.717, 1.165) is 6.42 Å². The summed E-state index contributed by atoms with van der Waals surface area (Å²) in [5.41, 5.74) is 0.638. The van der Waals surface area contributed by atoms with Crippen LogP contribution in [0.2, 0.25) is 0 Å². The number of urea groups is 1.